The molecule has 0 saturated carbocycles. The SMILES string of the molecule is CCCNc1cc(NC2CCSC2)nc(COCC)n1. The lowest BCUT2D eigenvalue weighted by molar-refractivity contribution is 0.128. The summed E-state index contributed by atoms with van der Waals surface area (Å²) in [6, 6.07) is 2.52. The number of aromatic nitrogens is 2. The first-order valence-corrected chi connectivity index (χ1v) is 8.51. The number of nitrogens with zero attached hydrogens (tertiary/aromatic N) is 2. The first kappa shape index (κ1) is 15.4. The van der Waals surface area contributed by atoms with Gasteiger partial charge in [0, 0.05) is 31.0 Å². The molecule has 6 heteroatoms. The first-order valence-electron chi connectivity index (χ1n) is 7.35. The van der Waals surface area contributed by atoms with Gasteiger partial charge in [0.25, 0.3) is 0 Å². The molecule has 1 saturated heterocycles. The van der Waals surface area contributed by atoms with E-state index < -0.39 is 0 Å². The zero-order valence-corrected chi connectivity index (χ0v) is 13.1. The molecule has 0 aliphatic carbocycles. The van der Waals surface area contributed by atoms with Gasteiger partial charge in [0.05, 0.1) is 0 Å². The number of nitrogens with one attached hydrogen (secondary N) is 2. The van der Waals surface area contributed by atoms with E-state index in [1.54, 1.807) is 0 Å². The van der Waals surface area contributed by atoms with Crippen molar-refractivity contribution in [2.75, 3.05) is 35.3 Å². The molecule has 1 unspecified atom stereocenters. The van der Waals surface area contributed by atoms with Crippen LogP contribution in [0.5, 0.6) is 0 Å². The Labute approximate surface area is 125 Å². The van der Waals surface area contributed by atoms with Gasteiger partial charge in [-0.15, -0.1) is 0 Å². The molecular formula is C14H24N4OS. The van der Waals surface area contributed by atoms with Gasteiger partial charge in [0.2, 0.25) is 0 Å². The van der Waals surface area contributed by atoms with Crippen molar-refractivity contribution in [3.63, 3.8) is 0 Å². The summed E-state index contributed by atoms with van der Waals surface area (Å²) < 4.78 is 5.42. The highest BCUT2D eigenvalue weighted by atomic mass is 32.2. The molecule has 1 aliphatic rings. The monoisotopic (exact) mass is 296 g/mol. The number of ether oxygens (including phenoxy) is 1. The normalized spacial score (nSPS) is 18.2. The average Bonchev–Trinajstić information content (AvgIpc) is 2.95. The molecule has 2 heterocycles. The molecule has 1 fully saturated rings. The lowest BCUT2D eigenvalue weighted by Crippen LogP contribution is -2.20. The third kappa shape index (κ3) is 4.83. The van der Waals surface area contributed by atoms with Crippen LogP contribution in [0.25, 0.3) is 0 Å². The summed E-state index contributed by atoms with van der Waals surface area (Å²) in [4.78, 5) is 9.04. The van der Waals surface area contributed by atoms with Crippen molar-refractivity contribution in [1.29, 1.82) is 0 Å². The highest BCUT2D eigenvalue weighted by Gasteiger charge is 2.16. The smallest absolute Gasteiger partial charge is 0.158 e. The van der Waals surface area contributed by atoms with Gasteiger partial charge in [-0.2, -0.15) is 11.8 Å². The molecule has 1 aliphatic heterocycles. The summed E-state index contributed by atoms with van der Waals surface area (Å²) >= 11 is 1.99. The minimum atomic E-state index is 0.465. The Morgan fingerprint density at radius 2 is 2.20 bits per heavy atom. The van der Waals surface area contributed by atoms with Crippen molar-refractivity contribution >= 4 is 23.4 Å². The van der Waals surface area contributed by atoms with Crippen molar-refractivity contribution in [1.82, 2.24) is 9.97 Å². The van der Waals surface area contributed by atoms with E-state index in [2.05, 4.69) is 27.5 Å². The van der Waals surface area contributed by atoms with E-state index in [4.69, 9.17) is 4.74 Å². The van der Waals surface area contributed by atoms with Gasteiger partial charge >= 0.3 is 0 Å². The van der Waals surface area contributed by atoms with Crippen LogP contribution in [0.3, 0.4) is 0 Å². The Morgan fingerprint density at radius 3 is 2.90 bits per heavy atom. The fourth-order valence-corrected chi connectivity index (χ4v) is 3.18. The quantitative estimate of drug-likeness (QED) is 0.769. The summed E-state index contributed by atoms with van der Waals surface area (Å²) in [6.45, 7) is 6.19. The molecule has 0 aromatic carbocycles. The molecule has 0 amide bonds. The van der Waals surface area contributed by atoms with Crippen LogP contribution in [-0.4, -0.2) is 40.7 Å². The highest BCUT2D eigenvalue weighted by molar-refractivity contribution is 7.99. The molecule has 1 aromatic rings. The second kappa shape index (κ2) is 8.32. The van der Waals surface area contributed by atoms with Crippen LogP contribution in [0, 0.1) is 0 Å². The van der Waals surface area contributed by atoms with E-state index in [1.165, 1.54) is 12.2 Å². The van der Waals surface area contributed by atoms with Crippen LogP contribution in [0.15, 0.2) is 6.07 Å². The summed E-state index contributed by atoms with van der Waals surface area (Å²) in [6.07, 6.45) is 2.28. The van der Waals surface area contributed by atoms with Crippen molar-refractivity contribution in [3.05, 3.63) is 11.9 Å². The maximum Gasteiger partial charge on any atom is 0.158 e. The fraction of sp³-hybridized carbons (Fsp3) is 0.714. The maximum atomic E-state index is 5.42. The zero-order chi connectivity index (χ0) is 14.2. The molecule has 1 aromatic heterocycles. The minimum absolute atomic E-state index is 0.465. The second-order valence-corrected chi connectivity index (χ2v) is 5.97. The molecule has 112 valence electrons. The summed E-state index contributed by atoms with van der Waals surface area (Å²) in [5.74, 6) is 4.91. The largest absolute Gasteiger partial charge is 0.374 e. The van der Waals surface area contributed by atoms with E-state index >= 15 is 0 Å². The van der Waals surface area contributed by atoms with Crippen LogP contribution in [-0.2, 0) is 11.3 Å². The van der Waals surface area contributed by atoms with E-state index in [-0.39, 0.29) is 0 Å². The second-order valence-electron chi connectivity index (χ2n) is 4.82. The number of hydrogen-bond acceptors (Lipinski definition) is 6. The molecule has 0 bridgehead atoms. The third-order valence-electron chi connectivity index (χ3n) is 3.05. The zero-order valence-electron chi connectivity index (χ0n) is 12.3. The van der Waals surface area contributed by atoms with Crippen LogP contribution >= 0.6 is 11.8 Å². The van der Waals surface area contributed by atoms with Crippen molar-refractivity contribution in [2.45, 2.75) is 39.3 Å². The van der Waals surface area contributed by atoms with E-state index in [1.807, 2.05) is 24.8 Å². The number of thioether (sulfide) groups is 1. The minimum Gasteiger partial charge on any atom is -0.374 e. The van der Waals surface area contributed by atoms with Crippen LogP contribution in [0.4, 0.5) is 11.6 Å². The van der Waals surface area contributed by atoms with Gasteiger partial charge in [0.1, 0.15) is 18.2 Å². The van der Waals surface area contributed by atoms with Gasteiger partial charge in [-0.3, -0.25) is 0 Å². The first-order chi connectivity index (χ1) is 9.81. The van der Waals surface area contributed by atoms with Crippen molar-refractivity contribution in [2.24, 2.45) is 0 Å². The number of hydrogen-bond donors (Lipinski definition) is 2. The lowest BCUT2D eigenvalue weighted by atomic mass is 10.2. The Hall–Kier alpha value is -1.01. The van der Waals surface area contributed by atoms with Crippen molar-refractivity contribution < 1.29 is 4.74 Å². The molecule has 5 nitrogen and oxygen atoms in total. The van der Waals surface area contributed by atoms with Gasteiger partial charge in [0.15, 0.2) is 5.82 Å². The van der Waals surface area contributed by atoms with Gasteiger partial charge in [-0.1, -0.05) is 6.92 Å². The van der Waals surface area contributed by atoms with Crippen LogP contribution in [0.1, 0.15) is 32.5 Å². The van der Waals surface area contributed by atoms with Gasteiger partial charge in [-0.25, -0.2) is 9.97 Å². The molecule has 1 atom stereocenters. The van der Waals surface area contributed by atoms with Gasteiger partial charge in [-0.05, 0) is 25.5 Å². The molecule has 2 rings (SSSR count). The third-order valence-corrected chi connectivity index (χ3v) is 4.21. The Kier molecular flexibility index (Phi) is 6.39. The molecule has 20 heavy (non-hydrogen) atoms. The lowest BCUT2D eigenvalue weighted by Gasteiger charge is -2.14. The summed E-state index contributed by atoms with van der Waals surface area (Å²) in [5, 5.41) is 6.83. The van der Waals surface area contributed by atoms with Crippen LogP contribution < -0.4 is 10.6 Å². The summed E-state index contributed by atoms with van der Waals surface area (Å²) in [5.41, 5.74) is 0. The molecule has 2 N–H and O–H groups in total. The summed E-state index contributed by atoms with van der Waals surface area (Å²) in [7, 11) is 0. The molecule has 0 radical (unpaired) electrons. The maximum absolute atomic E-state index is 5.42. The highest BCUT2D eigenvalue weighted by Crippen LogP contribution is 2.21. The Bertz CT molecular complexity index is 384. The molecule has 0 spiro atoms. The standard InChI is InChI=1S/C14H24N4OS/c1-3-6-15-12-8-13(16-11-5-7-20-10-11)18-14(17-12)9-19-4-2/h8,11H,3-7,9-10H2,1-2H3,(H2,15,16,17,18). The van der Waals surface area contributed by atoms with E-state index in [9.17, 15) is 0 Å². The average molecular weight is 296 g/mol. The predicted molar refractivity (Wildman–Crippen MR) is 85.5 cm³/mol. The van der Waals surface area contributed by atoms with E-state index in [0.29, 0.717) is 19.3 Å². The van der Waals surface area contributed by atoms with Crippen LogP contribution in [0.2, 0.25) is 0 Å². The van der Waals surface area contributed by atoms with E-state index in [0.717, 1.165) is 36.2 Å². The van der Waals surface area contributed by atoms with Crippen molar-refractivity contribution in [3.8, 4) is 0 Å². The Morgan fingerprint density at radius 1 is 1.35 bits per heavy atom. The topological polar surface area (TPSA) is 59.1 Å². The Balaban J connectivity index is 2.06. The predicted octanol–water partition coefficient (Wildman–Crippen LogP) is 2.75. The molecular weight excluding hydrogens is 272 g/mol. The number of rotatable bonds is 8. The number of anilines is 2. The fourth-order valence-electron chi connectivity index (χ4n) is 2.03. The van der Waals surface area contributed by atoms with Gasteiger partial charge < -0.3 is 15.4 Å².